The Balaban J connectivity index is 1.64. The number of amides is 2. The van der Waals surface area contributed by atoms with E-state index in [1.165, 1.54) is 0 Å². The van der Waals surface area contributed by atoms with E-state index in [-0.39, 0.29) is 18.0 Å². The Hall–Kier alpha value is -1.63. The summed E-state index contributed by atoms with van der Waals surface area (Å²) in [6.07, 6.45) is 0.148. The van der Waals surface area contributed by atoms with Crippen LogP contribution in [0.5, 0.6) is 0 Å². The predicted octanol–water partition coefficient (Wildman–Crippen LogP) is 0.965. The number of fused-ring (bicyclic) bond motifs is 1. The van der Waals surface area contributed by atoms with Gasteiger partial charge >= 0.3 is 6.09 Å². The molecule has 1 aromatic rings. The molecule has 2 amide bonds. The third-order valence-corrected chi connectivity index (χ3v) is 4.85. The van der Waals surface area contributed by atoms with Crippen molar-refractivity contribution in [3.63, 3.8) is 0 Å². The lowest BCUT2D eigenvalue weighted by Gasteiger charge is -2.35. The van der Waals surface area contributed by atoms with Crippen molar-refractivity contribution in [2.24, 2.45) is 0 Å². The molecule has 20 heavy (non-hydrogen) atoms. The maximum atomic E-state index is 12.4. The summed E-state index contributed by atoms with van der Waals surface area (Å²) in [5.41, 5.74) is 0.943. The van der Waals surface area contributed by atoms with Crippen molar-refractivity contribution in [2.45, 2.75) is 26.3 Å². The van der Waals surface area contributed by atoms with Gasteiger partial charge in [-0.05, 0) is 13.8 Å². The van der Waals surface area contributed by atoms with Gasteiger partial charge in [0.2, 0.25) is 5.91 Å². The third-order valence-electron chi connectivity index (χ3n) is 3.78. The van der Waals surface area contributed by atoms with Gasteiger partial charge in [0.1, 0.15) is 6.61 Å². The smallest absolute Gasteiger partial charge is 0.410 e. The van der Waals surface area contributed by atoms with Crippen LogP contribution in [0.3, 0.4) is 0 Å². The zero-order valence-electron chi connectivity index (χ0n) is 11.6. The highest BCUT2D eigenvalue weighted by Crippen LogP contribution is 2.21. The second kappa shape index (κ2) is 5.05. The quantitative estimate of drug-likeness (QED) is 0.815. The monoisotopic (exact) mass is 295 g/mol. The first kappa shape index (κ1) is 13.4. The number of hydrogen-bond acceptors (Lipinski definition) is 5. The molecule has 0 aromatic carbocycles. The van der Waals surface area contributed by atoms with Crippen LogP contribution in [0.2, 0.25) is 0 Å². The normalized spacial score (nSPS) is 21.9. The second-order valence-electron chi connectivity index (χ2n) is 5.18. The second-order valence-corrected chi connectivity index (χ2v) is 6.47. The Morgan fingerprint density at radius 1 is 1.45 bits per heavy atom. The summed E-state index contributed by atoms with van der Waals surface area (Å²) in [6, 6.07) is 0.0180. The Labute approximate surface area is 121 Å². The molecule has 0 radical (unpaired) electrons. The molecule has 0 bridgehead atoms. The number of ether oxygens (including phenoxy) is 1. The van der Waals surface area contributed by atoms with Crippen molar-refractivity contribution >= 4 is 23.3 Å². The number of rotatable bonds is 2. The van der Waals surface area contributed by atoms with Gasteiger partial charge in [-0.25, -0.2) is 9.78 Å². The molecule has 6 nitrogen and oxygen atoms in total. The number of hydrogen-bond donors (Lipinski definition) is 0. The molecule has 0 aliphatic carbocycles. The van der Waals surface area contributed by atoms with Gasteiger partial charge in [0.05, 0.1) is 23.2 Å². The van der Waals surface area contributed by atoms with Crippen LogP contribution < -0.4 is 0 Å². The molecular weight excluding hydrogens is 278 g/mol. The minimum Gasteiger partial charge on any atom is -0.447 e. The van der Waals surface area contributed by atoms with E-state index in [1.807, 2.05) is 18.7 Å². The fourth-order valence-electron chi connectivity index (χ4n) is 2.70. The Bertz CT molecular complexity index is 557. The molecule has 2 aliphatic rings. The lowest BCUT2D eigenvalue weighted by atomic mass is 10.2. The molecule has 108 valence electrons. The molecule has 0 spiro atoms. The maximum absolute atomic E-state index is 12.4. The van der Waals surface area contributed by atoms with Gasteiger partial charge in [-0.1, -0.05) is 0 Å². The molecule has 1 aromatic heterocycles. The first-order chi connectivity index (χ1) is 9.54. The zero-order valence-corrected chi connectivity index (χ0v) is 12.4. The predicted molar refractivity (Wildman–Crippen MR) is 73.7 cm³/mol. The average molecular weight is 295 g/mol. The third kappa shape index (κ3) is 2.37. The van der Waals surface area contributed by atoms with Gasteiger partial charge in [-0.3, -0.25) is 9.69 Å². The molecule has 7 heteroatoms. The first-order valence-electron chi connectivity index (χ1n) is 6.68. The SMILES string of the molecule is Cc1nc(C)c(CC(=O)N2CCN3C(=O)OCC3C2)s1. The number of aryl methyl sites for hydroxylation is 2. The summed E-state index contributed by atoms with van der Waals surface area (Å²) in [5, 5.41) is 0.991. The van der Waals surface area contributed by atoms with Crippen molar-refractivity contribution in [1.82, 2.24) is 14.8 Å². The summed E-state index contributed by atoms with van der Waals surface area (Å²) < 4.78 is 5.01. The van der Waals surface area contributed by atoms with E-state index in [0.717, 1.165) is 15.6 Å². The molecule has 2 fully saturated rings. The molecule has 0 saturated carbocycles. The zero-order chi connectivity index (χ0) is 14.3. The summed E-state index contributed by atoms with van der Waals surface area (Å²) in [7, 11) is 0. The van der Waals surface area contributed by atoms with Crippen molar-refractivity contribution < 1.29 is 14.3 Å². The van der Waals surface area contributed by atoms with Crippen LogP contribution in [0.1, 0.15) is 15.6 Å². The van der Waals surface area contributed by atoms with E-state index in [9.17, 15) is 9.59 Å². The largest absolute Gasteiger partial charge is 0.447 e. The van der Waals surface area contributed by atoms with Gasteiger partial charge < -0.3 is 9.64 Å². The van der Waals surface area contributed by atoms with Crippen LogP contribution >= 0.6 is 11.3 Å². The van der Waals surface area contributed by atoms with Gasteiger partial charge in [0.25, 0.3) is 0 Å². The number of cyclic esters (lactones) is 1. The minimum atomic E-state index is -0.254. The number of aromatic nitrogens is 1. The van der Waals surface area contributed by atoms with E-state index in [1.54, 1.807) is 16.2 Å². The standard InChI is InChI=1S/C13H17N3O3S/c1-8-11(20-9(2)14-8)5-12(17)15-3-4-16-10(6-15)7-19-13(16)18/h10H,3-7H2,1-2H3. The molecule has 2 aliphatic heterocycles. The molecule has 0 N–H and O–H groups in total. The first-order valence-corrected chi connectivity index (χ1v) is 7.50. The highest BCUT2D eigenvalue weighted by Gasteiger charge is 2.38. The van der Waals surface area contributed by atoms with Gasteiger partial charge in [-0.2, -0.15) is 0 Å². The van der Waals surface area contributed by atoms with Gasteiger partial charge in [-0.15, -0.1) is 11.3 Å². The summed E-state index contributed by atoms with van der Waals surface area (Å²) in [6.45, 7) is 6.00. The fraction of sp³-hybridized carbons (Fsp3) is 0.615. The lowest BCUT2D eigenvalue weighted by molar-refractivity contribution is -0.132. The van der Waals surface area contributed by atoms with Crippen LogP contribution in [0.15, 0.2) is 0 Å². The average Bonchev–Trinajstić information content (AvgIpc) is 2.93. The van der Waals surface area contributed by atoms with Crippen LogP contribution in [0, 0.1) is 13.8 Å². The lowest BCUT2D eigenvalue weighted by Crippen LogP contribution is -2.54. The van der Waals surface area contributed by atoms with E-state index >= 15 is 0 Å². The van der Waals surface area contributed by atoms with E-state index < -0.39 is 0 Å². The number of carbonyl (C=O) groups excluding carboxylic acids is 2. The number of nitrogens with zero attached hydrogens (tertiary/aromatic N) is 3. The minimum absolute atomic E-state index is 0.0180. The summed E-state index contributed by atoms with van der Waals surface area (Å²) >= 11 is 1.58. The van der Waals surface area contributed by atoms with Crippen molar-refractivity contribution in [3.8, 4) is 0 Å². The summed E-state index contributed by atoms with van der Waals surface area (Å²) in [5.74, 6) is 0.107. The van der Waals surface area contributed by atoms with Gasteiger partial charge in [0, 0.05) is 24.5 Å². The van der Waals surface area contributed by atoms with Crippen LogP contribution in [-0.4, -0.2) is 59.1 Å². The van der Waals surface area contributed by atoms with E-state index in [4.69, 9.17) is 4.74 Å². The molecule has 1 unspecified atom stereocenters. The van der Waals surface area contributed by atoms with Crippen molar-refractivity contribution in [2.75, 3.05) is 26.2 Å². The molecule has 3 heterocycles. The Morgan fingerprint density at radius 3 is 2.95 bits per heavy atom. The maximum Gasteiger partial charge on any atom is 0.410 e. The number of thiazole rings is 1. The van der Waals surface area contributed by atoms with Crippen LogP contribution in [-0.2, 0) is 16.0 Å². The number of carbonyl (C=O) groups is 2. The van der Waals surface area contributed by atoms with E-state index in [2.05, 4.69) is 4.98 Å². The van der Waals surface area contributed by atoms with Crippen molar-refractivity contribution in [3.05, 3.63) is 15.6 Å². The molecule has 3 rings (SSSR count). The summed E-state index contributed by atoms with van der Waals surface area (Å²) in [4.78, 5) is 32.7. The topological polar surface area (TPSA) is 62.7 Å². The van der Waals surface area contributed by atoms with Crippen molar-refractivity contribution in [1.29, 1.82) is 0 Å². The highest BCUT2D eigenvalue weighted by molar-refractivity contribution is 7.11. The molecule has 2 saturated heterocycles. The number of piperazine rings is 1. The Kier molecular flexibility index (Phi) is 3.37. The van der Waals surface area contributed by atoms with Crippen LogP contribution in [0.4, 0.5) is 4.79 Å². The van der Waals surface area contributed by atoms with E-state index in [0.29, 0.717) is 32.7 Å². The molecular formula is C13H17N3O3S. The fourth-order valence-corrected chi connectivity index (χ4v) is 3.63. The Morgan fingerprint density at radius 2 is 2.25 bits per heavy atom. The highest BCUT2D eigenvalue weighted by atomic mass is 32.1. The molecule has 1 atom stereocenters. The van der Waals surface area contributed by atoms with Gasteiger partial charge in [0.15, 0.2) is 0 Å². The van der Waals surface area contributed by atoms with Crippen LogP contribution in [0.25, 0.3) is 0 Å².